The molecule has 32 heavy (non-hydrogen) atoms. The summed E-state index contributed by atoms with van der Waals surface area (Å²) in [6.45, 7) is 1.49. The van der Waals surface area contributed by atoms with Crippen LogP contribution in [0.15, 0.2) is 91.0 Å². The summed E-state index contributed by atoms with van der Waals surface area (Å²) in [5, 5.41) is 0. The van der Waals surface area contributed by atoms with Gasteiger partial charge in [0.2, 0.25) is 0 Å². The molecule has 1 aliphatic heterocycles. The molecule has 0 radical (unpaired) electrons. The first-order chi connectivity index (χ1) is 15.8. The van der Waals surface area contributed by atoms with E-state index >= 15 is 0 Å². The van der Waals surface area contributed by atoms with E-state index in [1.807, 2.05) is 91.0 Å². The zero-order valence-electron chi connectivity index (χ0n) is 18.0. The minimum Gasteiger partial charge on any atom is -0.457 e. The Balaban J connectivity index is 1.42. The predicted molar refractivity (Wildman–Crippen MR) is 121 cm³/mol. The van der Waals surface area contributed by atoms with Gasteiger partial charge in [-0.15, -0.1) is 0 Å². The Labute approximate surface area is 188 Å². The summed E-state index contributed by atoms with van der Waals surface area (Å²) in [7, 11) is 0. The number of carbonyl (C=O) groups is 1. The summed E-state index contributed by atoms with van der Waals surface area (Å²) in [5.41, 5.74) is 3.16. The molecule has 0 amide bonds. The Morgan fingerprint density at radius 2 is 1.19 bits per heavy atom. The average Bonchev–Trinajstić information content (AvgIpc) is 2.84. The van der Waals surface area contributed by atoms with Crippen LogP contribution in [0.1, 0.15) is 23.1 Å². The van der Waals surface area contributed by atoms with Crippen LogP contribution in [-0.4, -0.2) is 30.9 Å². The van der Waals surface area contributed by atoms with Gasteiger partial charge in [0, 0.05) is 0 Å². The molecule has 0 N–H and O–H groups in total. The van der Waals surface area contributed by atoms with Crippen molar-refractivity contribution in [3.05, 3.63) is 108 Å². The normalized spacial score (nSPS) is 20.6. The maximum atomic E-state index is 12.3. The number of hydrogen-bond donors (Lipinski definition) is 0. The van der Waals surface area contributed by atoms with Crippen LogP contribution in [0, 0.1) is 0 Å². The lowest BCUT2D eigenvalue weighted by molar-refractivity contribution is -0.205. The van der Waals surface area contributed by atoms with Crippen LogP contribution in [0.2, 0.25) is 0 Å². The monoisotopic (exact) mass is 432 g/mol. The predicted octanol–water partition coefficient (Wildman–Crippen LogP) is 4.69. The number of carbonyl (C=O) groups excluding carboxylic acids is 1. The molecule has 1 saturated heterocycles. The molecule has 1 fully saturated rings. The molecule has 3 aromatic rings. The molecule has 0 saturated carbocycles. The number of benzene rings is 3. The summed E-state index contributed by atoms with van der Waals surface area (Å²) in [6, 6.07) is 29.8. The first-order valence-electron chi connectivity index (χ1n) is 10.9. The largest absolute Gasteiger partial charge is 0.457 e. The molecule has 166 valence electrons. The Morgan fingerprint density at radius 3 is 1.75 bits per heavy atom. The van der Waals surface area contributed by atoms with E-state index in [1.165, 1.54) is 0 Å². The van der Waals surface area contributed by atoms with Gasteiger partial charge in [-0.1, -0.05) is 91.0 Å². The van der Waals surface area contributed by atoms with Crippen LogP contribution in [0.5, 0.6) is 0 Å². The maximum absolute atomic E-state index is 12.3. The van der Waals surface area contributed by atoms with Gasteiger partial charge in [0.15, 0.2) is 6.10 Å². The van der Waals surface area contributed by atoms with Crippen molar-refractivity contribution in [3.8, 4) is 0 Å². The molecule has 0 aliphatic carbocycles. The number of hydrogen-bond acceptors (Lipinski definition) is 5. The van der Waals surface area contributed by atoms with Crippen LogP contribution >= 0.6 is 0 Å². The van der Waals surface area contributed by atoms with E-state index < -0.39 is 18.3 Å². The van der Waals surface area contributed by atoms with Gasteiger partial charge in [-0.2, -0.15) is 0 Å². The fourth-order valence-corrected chi connectivity index (χ4v) is 3.71. The highest BCUT2D eigenvalue weighted by Gasteiger charge is 2.40. The molecule has 3 aromatic carbocycles. The topological polar surface area (TPSA) is 54.0 Å². The van der Waals surface area contributed by atoms with Crippen LogP contribution in [0.3, 0.4) is 0 Å². The lowest BCUT2D eigenvalue weighted by atomic mass is 10.0. The molecule has 0 spiro atoms. The smallest absolute Gasteiger partial charge is 0.308 e. The molecule has 1 heterocycles. The molecule has 5 heteroatoms. The summed E-state index contributed by atoms with van der Waals surface area (Å²) in [4.78, 5) is 12.3. The second-order valence-corrected chi connectivity index (χ2v) is 7.83. The lowest BCUT2D eigenvalue weighted by Gasteiger charge is -2.37. The molecule has 5 nitrogen and oxygen atoms in total. The fraction of sp³-hybridized carbons (Fsp3) is 0.296. The Bertz CT molecular complexity index is 946. The SMILES string of the molecule is O=C1C[C@@H](OCc2ccccc2)[C@H](OCc2ccccc2)[C@@H](COCc2ccccc2)O1. The minimum absolute atomic E-state index is 0.154. The van der Waals surface area contributed by atoms with Crippen LogP contribution in [-0.2, 0) is 43.6 Å². The number of cyclic esters (lactones) is 1. The summed E-state index contributed by atoms with van der Waals surface area (Å²) in [6.07, 6.45) is -1.22. The van der Waals surface area contributed by atoms with Crippen molar-refractivity contribution in [3.63, 3.8) is 0 Å². The van der Waals surface area contributed by atoms with Gasteiger partial charge < -0.3 is 18.9 Å². The highest BCUT2D eigenvalue weighted by molar-refractivity contribution is 5.71. The Hall–Kier alpha value is -2.99. The van der Waals surface area contributed by atoms with Gasteiger partial charge in [-0.05, 0) is 16.7 Å². The minimum atomic E-state index is -0.538. The van der Waals surface area contributed by atoms with E-state index in [0.717, 1.165) is 16.7 Å². The quantitative estimate of drug-likeness (QED) is 0.435. The molecular formula is C27H28O5. The Kier molecular flexibility index (Phi) is 8.04. The van der Waals surface area contributed by atoms with Crippen molar-refractivity contribution in [1.29, 1.82) is 0 Å². The number of esters is 1. The third-order valence-corrected chi connectivity index (χ3v) is 5.37. The van der Waals surface area contributed by atoms with E-state index in [9.17, 15) is 4.79 Å². The molecule has 4 rings (SSSR count). The van der Waals surface area contributed by atoms with Crippen molar-refractivity contribution in [1.82, 2.24) is 0 Å². The molecule has 0 bridgehead atoms. The van der Waals surface area contributed by atoms with Crippen molar-refractivity contribution in [2.24, 2.45) is 0 Å². The highest BCUT2D eigenvalue weighted by atomic mass is 16.6. The van der Waals surface area contributed by atoms with E-state index in [4.69, 9.17) is 18.9 Å². The van der Waals surface area contributed by atoms with Crippen LogP contribution in [0.4, 0.5) is 0 Å². The van der Waals surface area contributed by atoms with E-state index in [-0.39, 0.29) is 19.0 Å². The van der Waals surface area contributed by atoms with Crippen molar-refractivity contribution in [2.75, 3.05) is 6.61 Å². The maximum Gasteiger partial charge on any atom is 0.308 e. The standard InChI is InChI=1S/C27H28O5/c28-26-16-24(30-18-22-12-6-2-7-13-22)27(31-19-23-14-8-3-9-15-23)25(32-26)20-29-17-21-10-4-1-5-11-21/h1-15,24-25,27H,16-20H2/t24-,25-,27+/m1/s1. The number of rotatable bonds is 10. The second-order valence-electron chi connectivity index (χ2n) is 7.83. The molecule has 3 atom stereocenters. The lowest BCUT2D eigenvalue weighted by Crippen LogP contribution is -2.51. The highest BCUT2D eigenvalue weighted by Crippen LogP contribution is 2.25. The van der Waals surface area contributed by atoms with Gasteiger partial charge in [-0.3, -0.25) is 4.79 Å². The molecule has 0 aromatic heterocycles. The van der Waals surface area contributed by atoms with Gasteiger partial charge in [0.25, 0.3) is 0 Å². The zero-order chi connectivity index (χ0) is 22.0. The fourth-order valence-electron chi connectivity index (χ4n) is 3.71. The number of ether oxygens (including phenoxy) is 4. The van der Waals surface area contributed by atoms with Gasteiger partial charge in [0.05, 0.1) is 39.0 Å². The first kappa shape index (κ1) is 22.2. The summed E-state index contributed by atoms with van der Waals surface area (Å²) in [5.74, 6) is -0.295. The van der Waals surface area contributed by atoms with Gasteiger partial charge in [-0.25, -0.2) is 0 Å². The van der Waals surface area contributed by atoms with E-state index in [0.29, 0.717) is 19.8 Å². The summed E-state index contributed by atoms with van der Waals surface area (Å²) < 4.78 is 23.9. The third kappa shape index (κ3) is 6.50. The third-order valence-electron chi connectivity index (χ3n) is 5.37. The van der Waals surface area contributed by atoms with Crippen LogP contribution < -0.4 is 0 Å². The first-order valence-corrected chi connectivity index (χ1v) is 10.9. The van der Waals surface area contributed by atoms with Gasteiger partial charge >= 0.3 is 5.97 Å². The summed E-state index contributed by atoms with van der Waals surface area (Å²) >= 11 is 0. The van der Waals surface area contributed by atoms with Gasteiger partial charge in [0.1, 0.15) is 6.10 Å². The van der Waals surface area contributed by atoms with Crippen LogP contribution in [0.25, 0.3) is 0 Å². The van der Waals surface area contributed by atoms with E-state index in [2.05, 4.69) is 0 Å². The van der Waals surface area contributed by atoms with Crippen molar-refractivity contribution >= 4 is 5.97 Å². The molecule has 0 unspecified atom stereocenters. The molecular weight excluding hydrogens is 404 g/mol. The van der Waals surface area contributed by atoms with Crippen molar-refractivity contribution < 1.29 is 23.7 Å². The van der Waals surface area contributed by atoms with Crippen molar-refractivity contribution in [2.45, 2.75) is 44.6 Å². The van der Waals surface area contributed by atoms with E-state index in [1.54, 1.807) is 0 Å². The zero-order valence-corrected chi connectivity index (χ0v) is 18.0. The second kappa shape index (κ2) is 11.6. The molecule has 1 aliphatic rings. The average molecular weight is 433 g/mol. The Morgan fingerprint density at radius 1 is 0.688 bits per heavy atom.